The number of hydrogen-bond donors (Lipinski definition) is 1. The van der Waals surface area contributed by atoms with Crippen LogP contribution in [0.3, 0.4) is 0 Å². The molecule has 1 heterocycles. The Kier molecular flexibility index (Phi) is 4.07. The Bertz CT molecular complexity index is 414. The summed E-state index contributed by atoms with van der Waals surface area (Å²) in [5, 5.41) is 0. The van der Waals surface area contributed by atoms with Crippen LogP contribution in [0.15, 0.2) is 18.2 Å². The van der Waals surface area contributed by atoms with Crippen LogP contribution in [0.5, 0.6) is 0 Å². The van der Waals surface area contributed by atoms with Gasteiger partial charge in [0.2, 0.25) is 0 Å². The maximum Gasteiger partial charge on any atom is 0.137 e. The standard InChI is InChI=1S/C13H17FN2S/c14-12-10(5-4-6-11(12)13(15)17)9-16-7-2-1-3-8-16/h4-6H,1-3,7-9H2,(H2,15,17). The molecule has 0 aromatic heterocycles. The quantitative estimate of drug-likeness (QED) is 0.838. The maximum absolute atomic E-state index is 14.1. The minimum Gasteiger partial charge on any atom is -0.389 e. The highest BCUT2D eigenvalue weighted by molar-refractivity contribution is 7.80. The molecular weight excluding hydrogens is 235 g/mol. The molecule has 2 rings (SSSR count). The van der Waals surface area contributed by atoms with Crippen LogP contribution >= 0.6 is 12.2 Å². The molecule has 17 heavy (non-hydrogen) atoms. The third-order valence-electron chi connectivity index (χ3n) is 3.19. The van der Waals surface area contributed by atoms with Gasteiger partial charge in [-0.05, 0) is 32.0 Å². The average Bonchev–Trinajstić information content (AvgIpc) is 2.33. The highest BCUT2D eigenvalue weighted by Gasteiger charge is 2.15. The monoisotopic (exact) mass is 252 g/mol. The van der Waals surface area contributed by atoms with E-state index < -0.39 is 0 Å². The normalized spacial score (nSPS) is 17.0. The van der Waals surface area contributed by atoms with Crippen LogP contribution in [0.1, 0.15) is 30.4 Å². The van der Waals surface area contributed by atoms with Crippen LogP contribution in [0, 0.1) is 5.82 Å². The summed E-state index contributed by atoms with van der Waals surface area (Å²) < 4.78 is 14.1. The van der Waals surface area contributed by atoms with Gasteiger partial charge in [-0.15, -0.1) is 0 Å². The number of likely N-dealkylation sites (tertiary alicyclic amines) is 1. The lowest BCUT2D eigenvalue weighted by molar-refractivity contribution is 0.218. The van der Waals surface area contributed by atoms with Crippen LogP contribution in [-0.2, 0) is 6.54 Å². The highest BCUT2D eigenvalue weighted by Crippen LogP contribution is 2.17. The van der Waals surface area contributed by atoms with Gasteiger partial charge in [-0.1, -0.05) is 30.8 Å². The van der Waals surface area contributed by atoms with E-state index in [0.29, 0.717) is 17.7 Å². The predicted molar refractivity (Wildman–Crippen MR) is 71.4 cm³/mol. The zero-order valence-electron chi connectivity index (χ0n) is 9.79. The van der Waals surface area contributed by atoms with E-state index in [1.54, 1.807) is 6.07 Å². The topological polar surface area (TPSA) is 29.3 Å². The third-order valence-corrected chi connectivity index (χ3v) is 3.41. The van der Waals surface area contributed by atoms with E-state index in [0.717, 1.165) is 13.1 Å². The summed E-state index contributed by atoms with van der Waals surface area (Å²) in [5.74, 6) is -0.259. The molecule has 1 saturated heterocycles. The van der Waals surface area contributed by atoms with Crippen molar-refractivity contribution in [2.24, 2.45) is 5.73 Å². The number of nitrogens with zero attached hydrogens (tertiary/aromatic N) is 1. The van der Waals surface area contributed by atoms with Crippen molar-refractivity contribution in [3.05, 3.63) is 35.1 Å². The van der Waals surface area contributed by atoms with Crippen LogP contribution in [-0.4, -0.2) is 23.0 Å². The van der Waals surface area contributed by atoms with E-state index in [2.05, 4.69) is 4.90 Å². The molecule has 2 N–H and O–H groups in total. The Morgan fingerprint density at radius 1 is 1.29 bits per heavy atom. The first kappa shape index (κ1) is 12.5. The summed E-state index contributed by atoms with van der Waals surface area (Å²) in [4.78, 5) is 2.41. The smallest absolute Gasteiger partial charge is 0.137 e. The number of hydrogen-bond acceptors (Lipinski definition) is 2. The third kappa shape index (κ3) is 3.01. The Morgan fingerprint density at radius 2 is 2.00 bits per heavy atom. The summed E-state index contributed by atoms with van der Waals surface area (Å²) in [7, 11) is 0. The second-order valence-electron chi connectivity index (χ2n) is 4.48. The zero-order valence-corrected chi connectivity index (χ0v) is 10.6. The molecule has 0 bridgehead atoms. The van der Waals surface area contributed by atoms with E-state index in [4.69, 9.17) is 18.0 Å². The fourth-order valence-electron chi connectivity index (χ4n) is 2.25. The summed E-state index contributed by atoms with van der Waals surface area (Å²) >= 11 is 4.84. The molecule has 1 aliphatic rings. The molecule has 0 aliphatic carbocycles. The van der Waals surface area contributed by atoms with Crippen molar-refractivity contribution in [3.8, 4) is 0 Å². The Labute approximate surface area is 107 Å². The first-order chi connectivity index (χ1) is 8.18. The number of piperidine rings is 1. The highest BCUT2D eigenvalue weighted by atomic mass is 32.1. The van der Waals surface area contributed by atoms with Gasteiger partial charge in [0.1, 0.15) is 10.8 Å². The van der Waals surface area contributed by atoms with Crippen molar-refractivity contribution in [2.45, 2.75) is 25.8 Å². The minimum atomic E-state index is -0.259. The Morgan fingerprint density at radius 3 is 2.65 bits per heavy atom. The second-order valence-corrected chi connectivity index (χ2v) is 4.92. The van der Waals surface area contributed by atoms with Gasteiger partial charge < -0.3 is 5.73 Å². The van der Waals surface area contributed by atoms with E-state index >= 15 is 0 Å². The average molecular weight is 252 g/mol. The van der Waals surface area contributed by atoms with Crippen molar-refractivity contribution >= 4 is 17.2 Å². The molecule has 0 unspecified atom stereocenters. The fourth-order valence-corrected chi connectivity index (χ4v) is 2.41. The molecule has 0 spiro atoms. The molecule has 2 nitrogen and oxygen atoms in total. The van der Waals surface area contributed by atoms with Crippen molar-refractivity contribution in [2.75, 3.05) is 13.1 Å². The zero-order chi connectivity index (χ0) is 12.3. The van der Waals surface area contributed by atoms with E-state index in [-0.39, 0.29) is 10.8 Å². The van der Waals surface area contributed by atoms with E-state index in [1.807, 2.05) is 12.1 Å². The molecule has 4 heteroatoms. The van der Waals surface area contributed by atoms with Crippen LogP contribution < -0.4 is 5.73 Å². The van der Waals surface area contributed by atoms with Crippen molar-refractivity contribution in [3.63, 3.8) is 0 Å². The molecule has 0 radical (unpaired) electrons. The predicted octanol–water partition coefficient (Wildman–Crippen LogP) is 2.45. The van der Waals surface area contributed by atoms with Gasteiger partial charge in [-0.2, -0.15) is 0 Å². The summed E-state index contributed by atoms with van der Waals surface area (Å²) in [5.41, 5.74) is 6.54. The number of benzene rings is 1. The minimum absolute atomic E-state index is 0.128. The van der Waals surface area contributed by atoms with Crippen LogP contribution in [0.4, 0.5) is 4.39 Å². The summed E-state index contributed by atoms with van der Waals surface area (Å²) in [6.07, 6.45) is 3.69. The van der Waals surface area contributed by atoms with Crippen molar-refractivity contribution in [1.29, 1.82) is 0 Å². The first-order valence-corrected chi connectivity index (χ1v) is 6.39. The molecule has 92 valence electrons. The molecule has 0 amide bonds. The molecule has 0 atom stereocenters. The molecule has 1 fully saturated rings. The second kappa shape index (κ2) is 5.56. The van der Waals surface area contributed by atoms with Gasteiger partial charge in [-0.3, -0.25) is 4.90 Å². The Balaban J connectivity index is 2.15. The summed E-state index contributed by atoms with van der Waals surface area (Å²) in [6.45, 7) is 2.76. The SMILES string of the molecule is NC(=S)c1cccc(CN2CCCCC2)c1F. The Hall–Kier alpha value is -1.00. The molecule has 1 aliphatic heterocycles. The van der Waals surface area contributed by atoms with Gasteiger partial charge in [0.15, 0.2) is 0 Å². The van der Waals surface area contributed by atoms with Crippen molar-refractivity contribution < 1.29 is 4.39 Å². The van der Waals surface area contributed by atoms with Crippen LogP contribution in [0.2, 0.25) is 0 Å². The van der Waals surface area contributed by atoms with Crippen molar-refractivity contribution in [1.82, 2.24) is 4.90 Å². The number of rotatable bonds is 3. The first-order valence-electron chi connectivity index (χ1n) is 5.98. The molecule has 0 saturated carbocycles. The van der Waals surface area contributed by atoms with E-state index in [1.165, 1.54) is 19.3 Å². The molecular formula is C13H17FN2S. The lowest BCUT2D eigenvalue weighted by atomic mass is 10.1. The fraction of sp³-hybridized carbons (Fsp3) is 0.462. The van der Waals surface area contributed by atoms with Crippen LogP contribution in [0.25, 0.3) is 0 Å². The number of nitrogens with two attached hydrogens (primary N) is 1. The summed E-state index contributed by atoms with van der Waals surface area (Å²) in [6, 6.07) is 5.26. The van der Waals surface area contributed by atoms with Gasteiger partial charge in [0, 0.05) is 17.7 Å². The molecule has 1 aromatic carbocycles. The van der Waals surface area contributed by atoms with Gasteiger partial charge in [0.05, 0.1) is 0 Å². The number of thiocarbonyl (C=S) groups is 1. The van der Waals surface area contributed by atoms with Gasteiger partial charge in [0.25, 0.3) is 0 Å². The largest absolute Gasteiger partial charge is 0.389 e. The number of halogens is 1. The molecule has 1 aromatic rings. The van der Waals surface area contributed by atoms with Gasteiger partial charge >= 0.3 is 0 Å². The maximum atomic E-state index is 14.1. The lowest BCUT2D eigenvalue weighted by Crippen LogP contribution is -2.29. The van der Waals surface area contributed by atoms with Gasteiger partial charge in [-0.25, -0.2) is 4.39 Å². The lowest BCUT2D eigenvalue weighted by Gasteiger charge is -2.26. The van der Waals surface area contributed by atoms with E-state index in [9.17, 15) is 4.39 Å².